The van der Waals surface area contributed by atoms with Gasteiger partial charge >= 0.3 is 0 Å². The number of carbonyl (C=O) groups is 1. The zero-order valence-corrected chi connectivity index (χ0v) is 11.5. The van der Waals surface area contributed by atoms with Crippen LogP contribution in [-0.2, 0) is 0 Å². The molecule has 102 valence electrons. The Morgan fingerprint density at radius 1 is 1.26 bits per heavy atom. The maximum absolute atomic E-state index is 12.0. The van der Waals surface area contributed by atoms with Gasteiger partial charge in [-0.2, -0.15) is 0 Å². The van der Waals surface area contributed by atoms with Crippen molar-refractivity contribution in [3.05, 3.63) is 29.1 Å². The fraction of sp³-hybridized carbons (Fsp3) is 0.357. The number of anilines is 1. The molecule has 0 radical (unpaired) electrons. The van der Waals surface area contributed by atoms with Crippen LogP contribution in [-0.4, -0.2) is 24.2 Å². The van der Waals surface area contributed by atoms with Crippen LogP contribution in [0.2, 0.25) is 0 Å². The summed E-state index contributed by atoms with van der Waals surface area (Å²) in [6, 6.07) is 7.53. The summed E-state index contributed by atoms with van der Waals surface area (Å²) < 4.78 is 1.07. The number of rotatable bonds is 6. The lowest BCUT2D eigenvalue weighted by Gasteiger charge is -2.02. The summed E-state index contributed by atoms with van der Waals surface area (Å²) in [6.07, 6.45) is 2.61. The molecule has 1 aromatic carbocycles. The van der Waals surface area contributed by atoms with Crippen LogP contribution in [0.4, 0.5) is 5.69 Å². The smallest absolute Gasteiger partial charge is 0.261 e. The van der Waals surface area contributed by atoms with Crippen LogP contribution in [0.15, 0.2) is 24.3 Å². The first-order chi connectivity index (χ1) is 9.20. The van der Waals surface area contributed by atoms with Crippen LogP contribution in [0.25, 0.3) is 10.1 Å². The molecular formula is C14H18N2O2S. The third kappa shape index (κ3) is 3.68. The third-order valence-electron chi connectivity index (χ3n) is 2.88. The van der Waals surface area contributed by atoms with Gasteiger partial charge in [0.15, 0.2) is 0 Å². The molecule has 1 heterocycles. The van der Waals surface area contributed by atoms with Gasteiger partial charge in [0.05, 0.1) is 4.88 Å². The molecule has 0 saturated heterocycles. The van der Waals surface area contributed by atoms with Crippen molar-refractivity contribution in [3.63, 3.8) is 0 Å². The quantitative estimate of drug-likeness (QED) is 0.561. The fourth-order valence-electron chi connectivity index (χ4n) is 1.88. The first-order valence-electron chi connectivity index (χ1n) is 6.39. The van der Waals surface area contributed by atoms with Gasteiger partial charge in [0.25, 0.3) is 5.91 Å². The number of hydrogen-bond donors (Lipinski definition) is 3. The number of nitrogen functional groups attached to an aromatic ring is 1. The molecule has 0 aliphatic heterocycles. The van der Waals surface area contributed by atoms with E-state index in [0.29, 0.717) is 17.1 Å². The minimum Gasteiger partial charge on any atom is -0.399 e. The van der Waals surface area contributed by atoms with E-state index in [1.165, 1.54) is 11.3 Å². The van der Waals surface area contributed by atoms with Gasteiger partial charge in [-0.25, -0.2) is 0 Å². The summed E-state index contributed by atoms with van der Waals surface area (Å²) in [6.45, 7) is 0.862. The van der Waals surface area contributed by atoms with Gasteiger partial charge in [-0.05, 0) is 48.9 Å². The van der Waals surface area contributed by atoms with Gasteiger partial charge in [0.1, 0.15) is 0 Å². The van der Waals surface area contributed by atoms with Gasteiger partial charge in [-0.1, -0.05) is 0 Å². The number of aliphatic hydroxyl groups excluding tert-OH is 1. The highest BCUT2D eigenvalue weighted by molar-refractivity contribution is 7.20. The molecule has 0 bridgehead atoms. The summed E-state index contributed by atoms with van der Waals surface area (Å²) in [7, 11) is 0. The van der Waals surface area contributed by atoms with Gasteiger partial charge in [0.2, 0.25) is 0 Å². The average molecular weight is 278 g/mol. The molecule has 2 aromatic rings. The van der Waals surface area contributed by atoms with Crippen molar-refractivity contribution in [2.24, 2.45) is 0 Å². The van der Waals surface area contributed by atoms with E-state index >= 15 is 0 Å². The van der Waals surface area contributed by atoms with E-state index in [4.69, 9.17) is 10.8 Å². The monoisotopic (exact) mass is 278 g/mol. The molecule has 0 atom stereocenters. The highest BCUT2D eigenvalue weighted by Gasteiger charge is 2.09. The maximum atomic E-state index is 12.0. The van der Waals surface area contributed by atoms with Crippen molar-refractivity contribution < 1.29 is 9.90 Å². The minimum atomic E-state index is -0.0382. The summed E-state index contributed by atoms with van der Waals surface area (Å²) in [5.41, 5.74) is 6.43. The first kappa shape index (κ1) is 13.8. The molecule has 0 spiro atoms. The molecule has 1 amide bonds. The van der Waals surface area contributed by atoms with Gasteiger partial charge in [-0.3, -0.25) is 4.79 Å². The van der Waals surface area contributed by atoms with Gasteiger partial charge in [0, 0.05) is 23.5 Å². The van der Waals surface area contributed by atoms with E-state index in [1.807, 2.05) is 24.3 Å². The lowest BCUT2D eigenvalue weighted by molar-refractivity contribution is 0.0957. The summed E-state index contributed by atoms with van der Waals surface area (Å²) in [5.74, 6) is -0.0382. The number of carbonyl (C=O) groups excluding carboxylic acids is 1. The summed E-state index contributed by atoms with van der Waals surface area (Å²) in [4.78, 5) is 12.7. The molecule has 4 nitrogen and oxygen atoms in total. The fourth-order valence-corrected chi connectivity index (χ4v) is 2.84. The Morgan fingerprint density at radius 3 is 2.89 bits per heavy atom. The van der Waals surface area contributed by atoms with Crippen LogP contribution in [0.1, 0.15) is 28.9 Å². The molecule has 1 aromatic heterocycles. The normalized spacial score (nSPS) is 10.8. The van der Waals surface area contributed by atoms with Crippen molar-refractivity contribution in [2.75, 3.05) is 18.9 Å². The zero-order chi connectivity index (χ0) is 13.7. The lowest BCUT2D eigenvalue weighted by atomic mass is 10.2. The van der Waals surface area contributed by atoms with E-state index in [0.717, 1.165) is 29.3 Å². The summed E-state index contributed by atoms with van der Waals surface area (Å²) >= 11 is 1.47. The Labute approximate surface area is 116 Å². The zero-order valence-electron chi connectivity index (χ0n) is 10.7. The second kappa shape index (κ2) is 6.54. The second-order valence-corrected chi connectivity index (χ2v) is 5.53. The van der Waals surface area contributed by atoms with Crippen LogP contribution in [0, 0.1) is 0 Å². The van der Waals surface area contributed by atoms with Crippen LogP contribution in [0.5, 0.6) is 0 Å². The Hall–Kier alpha value is -1.59. The van der Waals surface area contributed by atoms with Gasteiger partial charge in [-0.15, -0.1) is 11.3 Å². The number of hydrogen-bond acceptors (Lipinski definition) is 4. The molecule has 0 aliphatic rings. The molecule has 0 saturated carbocycles. The molecule has 0 fully saturated rings. The highest BCUT2D eigenvalue weighted by Crippen LogP contribution is 2.27. The SMILES string of the molecule is Nc1ccc2sc(C(=O)NCCCCCO)cc2c1. The maximum Gasteiger partial charge on any atom is 0.261 e. The molecular weight excluding hydrogens is 260 g/mol. The Bertz CT molecular complexity index is 566. The molecule has 2 rings (SSSR count). The largest absolute Gasteiger partial charge is 0.399 e. The summed E-state index contributed by atoms with van der Waals surface area (Å²) in [5, 5.41) is 12.6. The number of thiophene rings is 1. The molecule has 0 unspecified atom stereocenters. The van der Waals surface area contributed by atoms with Gasteiger partial charge < -0.3 is 16.2 Å². The number of amides is 1. The van der Waals surface area contributed by atoms with Crippen LogP contribution in [0.3, 0.4) is 0 Å². The van der Waals surface area contributed by atoms with Crippen LogP contribution >= 0.6 is 11.3 Å². The third-order valence-corrected chi connectivity index (χ3v) is 4.00. The van der Waals surface area contributed by atoms with Crippen LogP contribution < -0.4 is 11.1 Å². The second-order valence-electron chi connectivity index (χ2n) is 4.45. The number of benzene rings is 1. The number of nitrogens with one attached hydrogen (secondary N) is 1. The van der Waals surface area contributed by atoms with Crippen molar-refractivity contribution in [1.82, 2.24) is 5.32 Å². The topological polar surface area (TPSA) is 75.4 Å². The van der Waals surface area contributed by atoms with E-state index in [9.17, 15) is 4.79 Å². The molecule has 0 aliphatic carbocycles. The molecule has 4 N–H and O–H groups in total. The van der Waals surface area contributed by atoms with E-state index in [2.05, 4.69) is 5.32 Å². The van der Waals surface area contributed by atoms with Crippen molar-refractivity contribution in [2.45, 2.75) is 19.3 Å². The predicted molar refractivity (Wildman–Crippen MR) is 79.5 cm³/mol. The Morgan fingerprint density at radius 2 is 2.11 bits per heavy atom. The first-order valence-corrected chi connectivity index (χ1v) is 7.20. The highest BCUT2D eigenvalue weighted by atomic mass is 32.1. The number of aliphatic hydroxyl groups is 1. The number of fused-ring (bicyclic) bond motifs is 1. The lowest BCUT2D eigenvalue weighted by Crippen LogP contribution is -2.23. The standard InChI is InChI=1S/C14H18N2O2S/c15-11-4-5-12-10(8-11)9-13(19-12)14(18)16-6-2-1-3-7-17/h4-5,8-9,17H,1-3,6-7,15H2,(H,16,18). The van der Waals surface area contributed by atoms with E-state index in [1.54, 1.807) is 0 Å². The van der Waals surface area contributed by atoms with Crippen molar-refractivity contribution in [1.29, 1.82) is 0 Å². The Kier molecular flexibility index (Phi) is 4.76. The average Bonchev–Trinajstić information content (AvgIpc) is 2.81. The molecule has 5 heteroatoms. The minimum absolute atomic E-state index is 0.0382. The van der Waals surface area contributed by atoms with E-state index < -0.39 is 0 Å². The van der Waals surface area contributed by atoms with E-state index in [-0.39, 0.29) is 12.5 Å². The van der Waals surface area contributed by atoms with Crippen molar-refractivity contribution in [3.8, 4) is 0 Å². The van der Waals surface area contributed by atoms with Crippen molar-refractivity contribution >= 4 is 33.0 Å². The predicted octanol–water partition coefficient (Wildman–Crippen LogP) is 2.38. The number of nitrogens with two attached hydrogens (primary N) is 1. The molecule has 19 heavy (non-hydrogen) atoms. The number of unbranched alkanes of at least 4 members (excludes halogenated alkanes) is 2. The Balaban J connectivity index is 1.94.